The van der Waals surface area contributed by atoms with Crippen LogP contribution in [0.5, 0.6) is 5.75 Å². The SMILES string of the molecule is COc1ccc(CN2CCC(C(C)(C)C)C2)cc1C(=N)N. The number of methoxy groups -OCH3 is 1. The van der Waals surface area contributed by atoms with Gasteiger partial charge in [0.15, 0.2) is 0 Å². The monoisotopic (exact) mass is 289 g/mol. The maximum absolute atomic E-state index is 7.66. The number of nitrogen functional groups attached to an aromatic ring is 1. The molecule has 4 heteroatoms. The lowest BCUT2D eigenvalue weighted by Gasteiger charge is -2.27. The van der Waals surface area contributed by atoms with Crippen molar-refractivity contribution in [2.45, 2.75) is 33.7 Å². The Balaban J connectivity index is 2.08. The van der Waals surface area contributed by atoms with Crippen molar-refractivity contribution >= 4 is 5.84 Å². The van der Waals surface area contributed by atoms with E-state index in [9.17, 15) is 0 Å². The fourth-order valence-corrected chi connectivity index (χ4v) is 3.01. The summed E-state index contributed by atoms with van der Waals surface area (Å²) in [5.74, 6) is 1.48. The molecule has 1 saturated heterocycles. The number of hydrogen-bond donors (Lipinski definition) is 2. The molecule has 1 fully saturated rings. The number of hydrogen-bond acceptors (Lipinski definition) is 3. The Hall–Kier alpha value is -1.55. The molecule has 4 nitrogen and oxygen atoms in total. The molecule has 1 atom stereocenters. The van der Waals surface area contributed by atoms with E-state index in [1.54, 1.807) is 7.11 Å². The highest BCUT2D eigenvalue weighted by atomic mass is 16.5. The Morgan fingerprint density at radius 2 is 2.14 bits per heavy atom. The highest BCUT2D eigenvalue weighted by Crippen LogP contribution is 2.34. The van der Waals surface area contributed by atoms with E-state index in [0.717, 1.165) is 25.6 Å². The van der Waals surface area contributed by atoms with Gasteiger partial charge in [-0.25, -0.2) is 0 Å². The van der Waals surface area contributed by atoms with Crippen LogP contribution in [-0.4, -0.2) is 30.9 Å². The molecule has 0 aromatic heterocycles. The summed E-state index contributed by atoms with van der Waals surface area (Å²) >= 11 is 0. The number of benzene rings is 1. The third-order valence-electron chi connectivity index (χ3n) is 4.46. The van der Waals surface area contributed by atoms with Crippen molar-refractivity contribution in [1.82, 2.24) is 4.90 Å². The maximum atomic E-state index is 7.66. The largest absolute Gasteiger partial charge is 0.496 e. The van der Waals surface area contributed by atoms with Crippen molar-refractivity contribution in [2.75, 3.05) is 20.2 Å². The number of ether oxygens (including phenoxy) is 1. The smallest absolute Gasteiger partial charge is 0.129 e. The normalized spacial score (nSPS) is 19.7. The molecule has 0 bridgehead atoms. The molecule has 0 aliphatic carbocycles. The van der Waals surface area contributed by atoms with Crippen LogP contribution in [0.25, 0.3) is 0 Å². The summed E-state index contributed by atoms with van der Waals surface area (Å²) < 4.78 is 5.26. The molecule has 0 spiro atoms. The first-order valence-electron chi connectivity index (χ1n) is 7.55. The Morgan fingerprint density at radius 3 is 2.67 bits per heavy atom. The highest BCUT2D eigenvalue weighted by molar-refractivity contribution is 5.97. The first-order chi connectivity index (χ1) is 9.81. The van der Waals surface area contributed by atoms with Gasteiger partial charge in [0.25, 0.3) is 0 Å². The molecule has 0 saturated carbocycles. The zero-order valence-electron chi connectivity index (χ0n) is 13.6. The van der Waals surface area contributed by atoms with E-state index >= 15 is 0 Å². The van der Waals surface area contributed by atoms with Gasteiger partial charge in [-0.3, -0.25) is 10.3 Å². The molecule has 1 aromatic rings. The minimum Gasteiger partial charge on any atom is -0.496 e. The predicted octanol–water partition coefficient (Wildman–Crippen LogP) is 2.85. The maximum Gasteiger partial charge on any atom is 0.129 e. The lowest BCUT2D eigenvalue weighted by molar-refractivity contribution is 0.226. The van der Waals surface area contributed by atoms with Crippen LogP contribution < -0.4 is 10.5 Å². The van der Waals surface area contributed by atoms with Crippen molar-refractivity contribution in [2.24, 2.45) is 17.1 Å². The van der Waals surface area contributed by atoms with E-state index < -0.39 is 0 Å². The Labute approximate surface area is 127 Å². The predicted molar refractivity (Wildman–Crippen MR) is 86.8 cm³/mol. The average Bonchev–Trinajstić information content (AvgIpc) is 2.87. The minimum atomic E-state index is 0.0580. The van der Waals surface area contributed by atoms with Gasteiger partial charge in [-0.1, -0.05) is 26.8 Å². The van der Waals surface area contributed by atoms with E-state index in [2.05, 4.69) is 31.7 Å². The molecule has 1 unspecified atom stereocenters. The molecule has 0 radical (unpaired) electrons. The molecule has 1 aliphatic heterocycles. The van der Waals surface area contributed by atoms with Crippen LogP contribution in [-0.2, 0) is 6.54 Å². The van der Waals surface area contributed by atoms with Crippen molar-refractivity contribution in [3.63, 3.8) is 0 Å². The molecule has 1 aromatic carbocycles. The van der Waals surface area contributed by atoms with Crippen LogP contribution in [0, 0.1) is 16.7 Å². The lowest BCUT2D eigenvalue weighted by atomic mass is 9.80. The number of amidine groups is 1. The van der Waals surface area contributed by atoms with Crippen LogP contribution in [0.15, 0.2) is 18.2 Å². The van der Waals surface area contributed by atoms with Gasteiger partial charge in [0.2, 0.25) is 0 Å². The topological polar surface area (TPSA) is 62.3 Å². The first-order valence-corrected chi connectivity index (χ1v) is 7.55. The number of nitrogens with zero attached hydrogens (tertiary/aromatic N) is 1. The van der Waals surface area contributed by atoms with Crippen LogP contribution in [0.1, 0.15) is 38.3 Å². The summed E-state index contributed by atoms with van der Waals surface area (Å²) in [4.78, 5) is 2.49. The molecule has 1 heterocycles. The van der Waals surface area contributed by atoms with E-state index in [1.165, 1.54) is 12.0 Å². The van der Waals surface area contributed by atoms with Gasteiger partial charge in [-0.15, -0.1) is 0 Å². The average molecular weight is 289 g/mol. The zero-order chi connectivity index (χ0) is 15.6. The summed E-state index contributed by atoms with van der Waals surface area (Å²) in [5, 5.41) is 7.66. The number of nitrogens with two attached hydrogens (primary N) is 1. The number of rotatable bonds is 4. The van der Waals surface area contributed by atoms with Crippen molar-refractivity contribution in [1.29, 1.82) is 5.41 Å². The van der Waals surface area contributed by atoms with Crippen LogP contribution >= 0.6 is 0 Å². The van der Waals surface area contributed by atoms with Gasteiger partial charge in [-0.05, 0) is 42.0 Å². The van der Waals surface area contributed by atoms with Gasteiger partial charge in [0.1, 0.15) is 11.6 Å². The third-order valence-corrected chi connectivity index (χ3v) is 4.46. The molecule has 1 aliphatic rings. The first kappa shape index (κ1) is 15.8. The van der Waals surface area contributed by atoms with E-state index in [0.29, 0.717) is 16.7 Å². The molecular weight excluding hydrogens is 262 g/mol. The summed E-state index contributed by atoms with van der Waals surface area (Å²) in [6.07, 6.45) is 1.26. The second kappa shape index (κ2) is 6.06. The second-order valence-corrected chi connectivity index (χ2v) is 7.04. The highest BCUT2D eigenvalue weighted by Gasteiger charge is 2.31. The summed E-state index contributed by atoms with van der Waals surface area (Å²) in [5.41, 5.74) is 7.88. The van der Waals surface area contributed by atoms with Crippen LogP contribution in [0.3, 0.4) is 0 Å². The van der Waals surface area contributed by atoms with Gasteiger partial charge in [-0.2, -0.15) is 0 Å². The van der Waals surface area contributed by atoms with Gasteiger partial charge in [0, 0.05) is 13.1 Å². The van der Waals surface area contributed by atoms with E-state index in [4.69, 9.17) is 15.9 Å². The summed E-state index contributed by atoms with van der Waals surface area (Å²) in [6, 6.07) is 5.95. The number of likely N-dealkylation sites (tertiary alicyclic amines) is 1. The molecule has 0 amide bonds. The number of nitrogens with one attached hydrogen (secondary N) is 1. The molecule has 3 N–H and O–H groups in total. The Bertz CT molecular complexity index is 519. The lowest BCUT2D eigenvalue weighted by Crippen LogP contribution is -2.26. The Kier molecular flexibility index (Phi) is 4.57. The summed E-state index contributed by atoms with van der Waals surface area (Å²) in [7, 11) is 1.61. The fourth-order valence-electron chi connectivity index (χ4n) is 3.01. The molecule has 2 rings (SSSR count). The van der Waals surface area contributed by atoms with Gasteiger partial charge < -0.3 is 10.5 Å². The molecular formula is C17H27N3O. The van der Waals surface area contributed by atoms with Crippen molar-refractivity contribution in [3.8, 4) is 5.75 Å². The van der Waals surface area contributed by atoms with Crippen LogP contribution in [0.4, 0.5) is 0 Å². The third kappa shape index (κ3) is 3.76. The van der Waals surface area contributed by atoms with E-state index in [-0.39, 0.29) is 5.84 Å². The zero-order valence-corrected chi connectivity index (χ0v) is 13.6. The second-order valence-electron chi connectivity index (χ2n) is 7.04. The quantitative estimate of drug-likeness (QED) is 0.662. The molecule has 21 heavy (non-hydrogen) atoms. The van der Waals surface area contributed by atoms with Crippen molar-refractivity contribution in [3.05, 3.63) is 29.3 Å². The standard InChI is InChI=1S/C17H27N3O/c1-17(2,3)13-7-8-20(11-13)10-12-5-6-15(21-4)14(9-12)16(18)19/h5-6,9,13H,7-8,10-11H2,1-4H3,(H3,18,19). The van der Waals surface area contributed by atoms with Crippen molar-refractivity contribution < 1.29 is 4.74 Å². The molecule has 116 valence electrons. The van der Waals surface area contributed by atoms with Crippen LogP contribution in [0.2, 0.25) is 0 Å². The fraction of sp³-hybridized carbons (Fsp3) is 0.588. The minimum absolute atomic E-state index is 0.0580. The van der Waals surface area contributed by atoms with E-state index in [1.807, 2.05) is 12.1 Å². The van der Waals surface area contributed by atoms with Gasteiger partial charge >= 0.3 is 0 Å². The summed E-state index contributed by atoms with van der Waals surface area (Å²) in [6.45, 7) is 10.2. The Morgan fingerprint density at radius 1 is 1.43 bits per heavy atom. The van der Waals surface area contributed by atoms with Gasteiger partial charge in [0.05, 0.1) is 12.7 Å².